The molecule has 1 amide bonds. The molecule has 0 unspecified atom stereocenters. The number of hydrogen-bond donors (Lipinski definition) is 1. The minimum Gasteiger partial charge on any atom is -0.423 e. The molecular weight excluding hydrogens is 429 g/mol. The number of carbonyl (C=O) groups excluding carboxylic acids is 2. The van der Waals surface area contributed by atoms with E-state index in [1.54, 1.807) is 25.1 Å². The van der Waals surface area contributed by atoms with Crippen molar-refractivity contribution in [3.63, 3.8) is 0 Å². The number of nitriles is 1. The topological polar surface area (TPSA) is 122 Å². The number of anilines is 1. The monoisotopic (exact) mass is 445 g/mol. The zero-order valence-electron chi connectivity index (χ0n) is 17.2. The number of nitrogens with one attached hydrogen (secondary N) is 1. The van der Waals surface area contributed by atoms with E-state index in [-0.39, 0.29) is 28.3 Å². The van der Waals surface area contributed by atoms with Gasteiger partial charge in [0.15, 0.2) is 0 Å². The molecule has 0 atom stereocenters. The van der Waals surface area contributed by atoms with Gasteiger partial charge in [0.25, 0.3) is 11.6 Å². The van der Waals surface area contributed by atoms with Crippen LogP contribution in [0.25, 0.3) is 6.08 Å². The first-order chi connectivity index (χ1) is 15.8. The number of carbonyl (C=O) groups is 2. The molecule has 0 aliphatic carbocycles. The molecule has 0 bridgehead atoms. The molecule has 1 N–H and O–H groups in total. The van der Waals surface area contributed by atoms with E-state index in [1.165, 1.54) is 54.6 Å². The zero-order valence-corrected chi connectivity index (χ0v) is 17.2. The van der Waals surface area contributed by atoms with Gasteiger partial charge < -0.3 is 10.1 Å². The Morgan fingerprint density at radius 2 is 1.88 bits per heavy atom. The van der Waals surface area contributed by atoms with E-state index in [4.69, 9.17) is 4.74 Å². The first kappa shape index (κ1) is 22.8. The largest absolute Gasteiger partial charge is 0.423 e. The lowest BCUT2D eigenvalue weighted by Crippen LogP contribution is -2.14. The van der Waals surface area contributed by atoms with E-state index < -0.39 is 22.6 Å². The number of nitro benzene ring substituents is 1. The van der Waals surface area contributed by atoms with E-state index in [2.05, 4.69) is 5.32 Å². The minimum atomic E-state index is -0.768. The smallest absolute Gasteiger partial charge is 0.343 e. The summed E-state index contributed by atoms with van der Waals surface area (Å²) in [6, 6.07) is 16.9. The van der Waals surface area contributed by atoms with Crippen LogP contribution in [0.5, 0.6) is 5.75 Å². The van der Waals surface area contributed by atoms with Crippen molar-refractivity contribution in [2.45, 2.75) is 6.92 Å². The van der Waals surface area contributed by atoms with Crippen LogP contribution >= 0.6 is 0 Å². The van der Waals surface area contributed by atoms with Gasteiger partial charge in [-0.25, -0.2) is 9.18 Å². The van der Waals surface area contributed by atoms with Crippen LogP contribution in [0.3, 0.4) is 0 Å². The number of amides is 1. The number of nitro groups is 1. The molecule has 0 aliphatic rings. The number of esters is 1. The Balaban J connectivity index is 1.79. The van der Waals surface area contributed by atoms with Gasteiger partial charge in [0.1, 0.15) is 23.2 Å². The van der Waals surface area contributed by atoms with Crippen molar-refractivity contribution in [2.75, 3.05) is 5.32 Å². The average Bonchev–Trinajstić information content (AvgIpc) is 2.79. The summed E-state index contributed by atoms with van der Waals surface area (Å²) in [7, 11) is 0. The Bertz CT molecular complexity index is 1330. The number of ether oxygens (including phenoxy) is 1. The van der Waals surface area contributed by atoms with Crippen LogP contribution in [0.4, 0.5) is 15.8 Å². The van der Waals surface area contributed by atoms with Crippen LogP contribution in [0.1, 0.15) is 21.5 Å². The maximum atomic E-state index is 13.3. The van der Waals surface area contributed by atoms with Crippen LogP contribution in [0, 0.1) is 34.2 Å². The third-order valence-corrected chi connectivity index (χ3v) is 4.49. The molecule has 33 heavy (non-hydrogen) atoms. The SMILES string of the molecule is Cc1ccc([N+](=O)[O-])cc1NC(=O)/C(C#N)=C/c1cccc(OC(=O)c2cccc(F)c2)c1. The Kier molecular flexibility index (Phi) is 6.90. The molecule has 8 nitrogen and oxygen atoms in total. The van der Waals surface area contributed by atoms with E-state index in [0.29, 0.717) is 11.1 Å². The second kappa shape index (κ2) is 9.98. The number of rotatable bonds is 6. The Morgan fingerprint density at radius 1 is 1.12 bits per heavy atom. The third-order valence-electron chi connectivity index (χ3n) is 4.49. The van der Waals surface area contributed by atoms with E-state index in [1.807, 2.05) is 0 Å². The molecule has 0 saturated heterocycles. The lowest BCUT2D eigenvalue weighted by atomic mass is 10.1. The number of hydrogen-bond acceptors (Lipinski definition) is 6. The summed E-state index contributed by atoms with van der Waals surface area (Å²) in [5, 5.41) is 22.9. The molecule has 0 heterocycles. The van der Waals surface area contributed by atoms with Gasteiger partial charge in [-0.1, -0.05) is 24.3 Å². The fraction of sp³-hybridized carbons (Fsp3) is 0.0417. The summed E-state index contributed by atoms with van der Waals surface area (Å²) >= 11 is 0. The summed E-state index contributed by atoms with van der Waals surface area (Å²) < 4.78 is 18.6. The predicted octanol–water partition coefficient (Wildman–Crippen LogP) is 4.81. The molecule has 0 aromatic heterocycles. The molecule has 9 heteroatoms. The average molecular weight is 445 g/mol. The van der Waals surface area contributed by atoms with Crippen LogP contribution in [-0.4, -0.2) is 16.8 Å². The van der Waals surface area contributed by atoms with Crippen molar-refractivity contribution in [1.29, 1.82) is 5.26 Å². The zero-order chi connectivity index (χ0) is 24.0. The fourth-order valence-electron chi connectivity index (χ4n) is 2.81. The number of halogens is 1. The van der Waals surface area contributed by atoms with Gasteiger partial charge in [-0.15, -0.1) is 0 Å². The maximum absolute atomic E-state index is 13.3. The molecule has 3 rings (SSSR count). The first-order valence-corrected chi connectivity index (χ1v) is 9.53. The summed E-state index contributed by atoms with van der Waals surface area (Å²) in [6.07, 6.45) is 1.28. The number of nitrogens with zero attached hydrogens (tertiary/aromatic N) is 2. The molecular formula is C24H16FN3O5. The van der Waals surface area contributed by atoms with Gasteiger partial charge in [0, 0.05) is 12.1 Å². The lowest BCUT2D eigenvalue weighted by Gasteiger charge is -2.08. The van der Waals surface area contributed by atoms with E-state index >= 15 is 0 Å². The second-order valence-electron chi connectivity index (χ2n) is 6.85. The van der Waals surface area contributed by atoms with Crippen LogP contribution in [0.15, 0.2) is 72.3 Å². The van der Waals surface area contributed by atoms with Crippen LogP contribution < -0.4 is 10.1 Å². The summed E-state index contributed by atoms with van der Waals surface area (Å²) in [4.78, 5) is 35.2. The molecule has 0 radical (unpaired) electrons. The molecule has 3 aromatic carbocycles. The van der Waals surface area contributed by atoms with E-state index in [9.17, 15) is 29.4 Å². The number of benzene rings is 3. The Hall–Kier alpha value is -4.84. The van der Waals surface area contributed by atoms with Crippen molar-refractivity contribution >= 4 is 29.3 Å². The summed E-state index contributed by atoms with van der Waals surface area (Å²) in [5.41, 5.74) is 0.730. The third kappa shape index (κ3) is 5.86. The Morgan fingerprint density at radius 3 is 2.58 bits per heavy atom. The van der Waals surface area contributed by atoms with Gasteiger partial charge >= 0.3 is 5.97 Å². The van der Waals surface area contributed by atoms with Crippen molar-refractivity contribution in [3.05, 3.63) is 105 Å². The maximum Gasteiger partial charge on any atom is 0.343 e. The molecule has 0 saturated carbocycles. The van der Waals surface area contributed by atoms with Gasteiger partial charge in [-0.2, -0.15) is 5.26 Å². The second-order valence-corrected chi connectivity index (χ2v) is 6.85. The molecule has 0 spiro atoms. The first-order valence-electron chi connectivity index (χ1n) is 9.53. The van der Waals surface area contributed by atoms with Gasteiger partial charge in [0.2, 0.25) is 0 Å². The number of non-ortho nitro benzene ring substituents is 1. The fourth-order valence-corrected chi connectivity index (χ4v) is 2.81. The van der Waals surface area contributed by atoms with Crippen LogP contribution in [-0.2, 0) is 4.79 Å². The normalized spacial score (nSPS) is 10.8. The van der Waals surface area contributed by atoms with Crippen LogP contribution in [0.2, 0.25) is 0 Å². The highest BCUT2D eigenvalue weighted by molar-refractivity contribution is 6.10. The highest BCUT2D eigenvalue weighted by Gasteiger charge is 2.15. The highest BCUT2D eigenvalue weighted by Crippen LogP contribution is 2.23. The van der Waals surface area contributed by atoms with Crippen molar-refractivity contribution in [1.82, 2.24) is 0 Å². The highest BCUT2D eigenvalue weighted by atomic mass is 19.1. The predicted molar refractivity (Wildman–Crippen MR) is 118 cm³/mol. The van der Waals surface area contributed by atoms with Gasteiger partial charge in [-0.05, 0) is 54.5 Å². The van der Waals surface area contributed by atoms with Gasteiger partial charge in [0.05, 0.1) is 16.2 Å². The summed E-state index contributed by atoms with van der Waals surface area (Å²) in [6.45, 7) is 1.66. The molecule has 3 aromatic rings. The van der Waals surface area contributed by atoms with Gasteiger partial charge in [-0.3, -0.25) is 14.9 Å². The Labute approximate surface area is 187 Å². The molecule has 0 aliphatic heterocycles. The standard InChI is InChI=1S/C24H16FN3O5/c1-15-8-9-20(28(31)32)13-22(15)27-23(29)18(14-26)10-16-4-2-7-21(11-16)33-24(30)17-5-3-6-19(25)12-17/h2-13H,1H3,(H,27,29)/b18-10+. The quantitative estimate of drug-likeness (QED) is 0.145. The number of aryl methyl sites for hydroxylation is 1. The van der Waals surface area contributed by atoms with Crippen molar-refractivity contribution in [3.8, 4) is 11.8 Å². The van der Waals surface area contributed by atoms with Crippen molar-refractivity contribution < 1.29 is 23.6 Å². The van der Waals surface area contributed by atoms with Crippen molar-refractivity contribution in [2.24, 2.45) is 0 Å². The minimum absolute atomic E-state index is 0.0281. The lowest BCUT2D eigenvalue weighted by molar-refractivity contribution is -0.384. The summed E-state index contributed by atoms with van der Waals surface area (Å²) in [5.74, 6) is -1.98. The molecule has 164 valence electrons. The molecule has 0 fully saturated rings. The van der Waals surface area contributed by atoms with E-state index in [0.717, 1.165) is 6.07 Å².